The highest BCUT2D eigenvalue weighted by atomic mass is 32.2. The Kier molecular flexibility index (Phi) is 5.74. The number of nitrogens with zero attached hydrogens (tertiary/aromatic N) is 1. The standard InChI is InChI=1S/C12H20N2O3S/c1-11-3-5-12(6-4-11)18(15,16)14(8-7-13)9-10-17-2/h3-6H,7-10,13H2,1-2H3. The van der Waals surface area contributed by atoms with E-state index in [1.807, 2.05) is 6.92 Å². The molecule has 0 aliphatic carbocycles. The Labute approximate surface area is 109 Å². The lowest BCUT2D eigenvalue weighted by atomic mass is 10.2. The SMILES string of the molecule is COCCN(CCN)S(=O)(=O)c1ccc(C)cc1. The molecule has 102 valence electrons. The predicted octanol–water partition coefficient (Wildman–Crippen LogP) is 0.591. The van der Waals surface area contributed by atoms with Crippen molar-refractivity contribution in [2.24, 2.45) is 5.73 Å². The summed E-state index contributed by atoms with van der Waals surface area (Å²) in [5, 5.41) is 0. The van der Waals surface area contributed by atoms with E-state index < -0.39 is 10.0 Å². The molecule has 2 N–H and O–H groups in total. The Morgan fingerprint density at radius 1 is 1.22 bits per heavy atom. The average Bonchev–Trinajstić information content (AvgIpc) is 2.35. The number of methoxy groups -OCH3 is 1. The Morgan fingerprint density at radius 3 is 2.33 bits per heavy atom. The number of aryl methyl sites for hydroxylation is 1. The molecule has 0 aromatic heterocycles. The van der Waals surface area contributed by atoms with E-state index in [1.165, 1.54) is 4.31 Å². The zero-order chi connectivity index (χ0) is 13.6. The van der Waals surface area contributed by atoms with E-state index in [9.17, 15) is 8.42 Å². The van der Waals surface area contributed by atoms with Crippen molar-refractivity contribution in [1.29, 1.82) is 0 Å². The molecule has 0 unspecified atom stereocenters. The molecular formula is C12H20N2O3S. The molecule has 0 spiro atoms. The van der Waals surface area contributed by atoms with Gasteiger partial charge in [-0.3, -0.25) is 0 Å². The van der Waals surface area contributed by atoms with E-state index in [4.69, 9.17) is 10.5 Å². The molecule has 0 saturated carbocycles. The van der Waals surface area contributed by atoms with Crippen molar-refractivity contribution >= 4 is 10.0 Å². The van der Waals surface area contributed by atoms with Crippen LogP contribution in [0.4, 0.5) is 0 Å². The second-order valence-electron chi connectivity index (χ2n) is 4.00. The third-order valence-electron chi connectivity index (χ3n) is 2.58. The van der Waals surface area contributed by atoms with Crippen molar-refractivity contribution in [2.75, 3.05) is 33.4 Å². The fraction of sp³-hybridized carbons (Fsp3) is 0.500. The molecule has 0 saturated heterocycles. The lowest BCUT2D eigenvalue weighted by Crippen LogP contribution is -2.37. The van der Waals surface area contributed by atoms with E-state index in [-0.39, 0.29) is 11.4 Å². The molecule has 0 aliphatic rings. The lowest BCUT2D eigenvalue weighted by molar-refractivity contribution is 0.179. The Bertz CT molecular complexity index is 457. The number of hydrogen-bond acceptors (Lipinski definition) is 4. The van der Waals surface area contributed by atoms with Crippen molar-refractivity contribution in [3.05, 3.63) is 29.8 Å². The van der Waals surface area contributed by atoms with Crippen LogP contribution >= 0.6 is 0 Å². The van der Waals surface area contributed by atoms with Crippen molar-refractivity contribution < 1.29 is 13.2 Å². The molecule has 0 heterocycles. The second kappa shape index (κ2) is 6.84. The number of benzene rings is 1. The molecule has 1 rings (SSSR count). The van der Waals surface area contributed by atoms with Gasteiger partial charge in [0.2, 0.25) is 10.0 Å². The van der Waals surface area contributed by atoms with Gasteiger partial charge in [0.05, 0.1) is 11.5 Å². The van der Waals surface area contributed by atoms with Gasteiger partial charge in [0.15, 0.2) is 0 Å². The second-order valence-corrected chi connectivity index (χ2v) is 5.94. The predicted molar refractivity (Wildman–Crippen MR) is 70.9 cm³/mol. The van der Waals surface area contributed by atoms with Gasteiger partial charge in [-0.15, -0.1) is 0 Å². The monoisotopic (exact) mass is 272 g/mol. The Hall–Kier alpha value is -0.950. The first-order valence-corrected chi connectivity index (χ1v) is 7.22. The first-order valence-electron chi connectivity index (χ1n) is 5.78. The summed E-state index contributed by atoms with van der Waals surface area (Å²) in [6.45, 7) is 3.16. The molecule has 0 amide bonds. The lowest BCUT2D eigenvalue weighted by Gasteiger charge is -2.21. The van der Waals surface area contributed by atoms with Gasteiger partial charge >= 0.3 is 0 Å². The zero-order valence-electron chi connectivity index (χ0n) is 10.8. The van der Waals surface area contributed by atoms with E-state index in [2.05, 4.69) is 0 Å². The highest BCUT2D eigenvalue weighted by Gasteiger charge is 2.23. The van der Waals surface area contributed by atoms with E-state index >= 15 is 0 Å². The quantitative estimate of drug-likeness (QED) is 0.788. The zero-order valence-corrected chi connectivity index (χ0v) is 11.6. The smallest absolute Gasteiger partial charge is 0.243 e. The molecule has 0 atom stereocenters. The van der Waals surface area contributed by atoms with Gasteiger partial charge in [0.25, 0.3) is 0 Å². The van der Waals surface area contributed by atoms with Crippen LogP contribution in [0.1, 0.15) is 5.56 Å². The van der Waals surface area contributed by atoms with Crippen LogP contribution in [0, 0.1) is 6.92 Å². The van der Waals surface area contributed by atoms with E-state index in [0.29, 0.717) is 19.7 Å². The highest BCUT2D eigenvalue weighted by Crippen LogP contribution is 2.15. The summed E-state index contributed by atoms with van der Waals surface area (Å²) < 4.78 is 31.0. The van der Waals surface area contributed by atoms with Crippen LogP contribution in [0.25, 0.3) is 0 Å². The number of hydrogen-bond donors (Lipinski definition) is 1. The van der Waals surface area contributed by atoms with Gasteiger partial charge < -0.3 is 10.5 Å². The van der Waals surface area contributed by atoms with E-state index in [1.54, 1.807) is 31.4 Å². The summed E-state index contributed by atoms with van der Waals surface area (Å²) in [5.41, 5.74) is 6.48. The van der Waals surface area contributed by atoms with Gasteiger partial charge in [-0.25, -0.2) is 8.42 Å². The molecule has 18 heavy (non-hydrogen) atoms. The highest BCUT2D eigenvalue weighted by molar-refractivity contribution is 7.89. The number of ether oxygens (including phenoxy) is 1. The van der Waals surface area contributed by atoms with Crippen LogP contribution in [0.2, 0.25) is 0 Å². The topological polar surface area (TPSA) is 72.6 Å². The Balaban J connectivity index is 2.96. The van der Waals surface area contributed by atoms with Crippen molar-refractivity contribution in [1.82, 2.24) is 4.31 Å². The van der Waals surface area contributed by atoms with Gasteiger partial charge in [-0.1, -0.05) is 17.7 Å². The molecule has 0 bridgehead atoms. The third-order valence-corrected chi connectivity index (χ3v) is 4.49. The minimum atomic E-state index is -3.48. The van der Waals surface area contributed by atoms with Crippen molar-refractivity contribution in [3.63, 3.8) is 0 Å². The summed E-state index contributed by atoms with van der Waals surface area (Å²) in [5.74, 6) is 0. The molecular weight excluding hydrogens is 252 g/mol. The van der Waals surface area contributed by atoms with E-state index in [0.717, 1.165) is 5.56 Å². The van der Waals surface area contributed by atoms with Crippen LogP contribution in [0.5, 0.6) is 0 Å². The summed E-state index contributed by atoms with van der Waals surface area (Å²) in [4.78, 5) is 0.289. The first kappa shape index (κ1) is 15.1. The van der Waals surface area contributed by atoms with Crippen LogP contribution in [-0.4, -0.2) is 46.1 Å². The summed E-state index contributed by atoms with van der Waals surface area (Å²) in [6, 6.07) is 6.79. The normalized spacial score (nSPS) is 12.0. The summed E-state index contributed by atoms with van der Waals surface area (Å²) in [6.07, 6.45) is 0. The van der Waals surface area contributed by atoms with Gasteiger partial charge in [-0.2, -0.15) is 4.31 Å². The van der Waals surface area contributed by atoms with Crippen LogP contribution < -0.4 is 5.73 Å². The van der Waals surface area contributed by atoms with Crippen LogP contribution in [-0.2, 0) is 14.8 Å². The molecule has 6 heteroatoms. The molecule has 1 aromatic carbocycles. The minimum absolute atomic E-state index is 0.287. The number of sulfonamides is 1. The number of rotatable bonds is 7. The first-order chi connectivity index (χ1) is 8.52. The maximum Gasteiger partial charge on any atom is 0.243 e. The molecule has 0 radical (unpaired) electrons. The van der Waals surface area contributed by atoms with Crippen molar-refractivity contribution in [2.45, 2.75) is 11.8 Å². The minimum Gasteiger partial charge on any atom is -0.383 e. The van der Waals surface area contributed by atoms with Crippen molar-refractivity contribution in [3.8, 4) is 0 Å². The average molecular weight is 272 g/mol. The van der Waals surface area contributed by atoms with Gasteiger partial charge in [-0.05, 0) is 19.1 Å². The molecule has 5 nitrogen and oxygen atoms in total. The molecule has 1 aromatic rings. The number of nitrogens with two attached hydrogens (primary N) is 1. The van der Waals surface area contributed by atoms with Crippen LogP contribution in [0.3, 0.4) is 0 Å². The maximum absolute atomic E-state index is 12.4. The third kappa shape index (κ3) is 3.78. The van der Waals surface area contributed by atoms with Gasteiger partial charge in [0.1, 0.15) is 0 Å². The summed E-state index contributed by atoms with van der Waals surface area (Å²) >= 11 is 0. The van der Waals surface area contributed by atoms with Crippen LogP contribution in [0.15, 0.2) is 29.2 Å². The summed E-state index contributed by atoms with van der Waals surface area (Å²) in [7, 11) is -1.94. The fourth-order valence-corrected chi connectivity index (χ4v) is 2.99. The van der Waals surface area contributed by atoms with Gasteiger partial charge in [0, 0.05) is 26.7 Å². The largest absolute Gasteiger partial charge is 0.383 e. The Morgan fingerprint density at radius 2 is 1.83 bits per heavy atom. The fourth-order valence-electron chi connectivity index (χ4n) is 1.55. The molecule has 0 fully saturated rings. The maximum atomic E-state index is 12.4. The molecule has 0 aliphatic heterocycles.